The lowest BCUT2D eigenvalue weighted by Gasteiger charge is -2.16. The number of methoxy groups -OCH3 is 1. The Kier molecular flexibility index (Phi) is 6.84. The highest BCUT2D eigenvalue weighted by Crippen LogP contribution is 2.08. The Labute approximate surface area is 74.9 Å². The molecule has 0 aromatic rings. The van der Waals surface area contributed by atoms with E-state index in [2.05, 4.69) is 11.8 Å². The van der Waals surface area contributed by atoms with Gasteiger partial charge in [-0.25, -0.2) is 0 Å². The van der Waals surface area contributed by atoms with Crippen LogP contribution in [0.1, 0.15) is 26.7 Å². The van der Waals surface area contributed by atoms with Gasteiger partial charge in [-0.3, -0.25) is 0 Å². The van der Waals surface area contributed by atoms with E-state index in [0.717, 1.165) is 12.8 Å². The number of aliphatic hydroxyl groups is 1. The SMILES string of the molecule is CC#CCCC(O)C(C)COC. The smallest absolute Gasteiger partial charge is 0.0596 e. The summed E-state index contributed by atoms with van der Waals surface area (Å²) in [5, 5.41) is 9.53. The molecule has 0 aliphatic heterocycles. The first-order valence-corrected chi connectivity index (χ1v) is 4.29. The normalized spacial score (nSPS) is 14.7. The summed E-state index contributed by atoms with van der Waals surface area (Å²) < 4.78 is 4.94. The van der Waals surface area contributed by atoms with E-state index in [4.69, 9.17) is 4.74 Å². The number of ether oxygens (including phenoxy) is 1. The van der Waals surface area contributed by atoms with Gasteiger partial charge in [-0.2, -0.15) is 0 Å². The number of hydrogen-bond acceptors (Lipinski definition) is 2. The molecule has 0 aromatic carbocycles. The van der Waals surface area contributed by atoms with Crippen molar-refractivity contribution in [3.8, 4) is 11.8 Å². The summed E-state index contributed by atoms with van der Waals surface area (Å²) in [6.07, 6.45) is 1.22. The molecule has 0 aromatic heterocycles. The third-order valence-corrected chi connectivity index (χ3v) is 1.83. The lowest BCUT2D eigenvalue weighted by Crippen LogP contribution is -2.21. The highest BCUT2D eigenvalue weighted by molar-refractivity contribution is 4.95. The van der Waals surface area contributed by atoms with Gasteiger partial charge in [-0.05, 0) is 13.3 Å². The van der Waals surface area contributed by atoms with Gasteiger partial charge in [-0.15, -0.1) is 11.8 Å². The van der Waals surface area contributed by atoms with Gasteiger partial charge in [0, 0.05) is 19.4 Å². The molecule has 0 bridgehead atoms. The van der Waals surface area contributed by atoms with E-state index in [-0.39, 0.29) is 12.0 Å². The highest BCUT2D eigenvalue weighted by atomic mass is 16.5. The summed E-state index contributed by atoms with van der Waals surface area (Å²) in [4.78, 5) is 0. The van der Waals surface area contributed by atoms with E-state index >= 15 is 0 Å². The Balaban J connectivity index is 3.53. The molecule has 1 N–H and O–H groups in total. The van der Waals surface area contributed by atoms with Crippen molar-refractivity contribution in [3.63, 3.8) is 0 Å². The zero-order valence-electron chi connectivity index (χ0n) is 8.13. The van der Waals surface area contributed by atoms with Gasteiger partial charge < -0.3 is 9.84 Å². The van der Waals surface area contributed by atoms with Crippen LogP contribution >= 0.6 is 0 Å². The van der Waals surface area contributed by atoms with Crippen LogP contribution in [-0.2, 0) is 4.74 Å². The minimum atomic E-state index is -0.286. The zero-order valence-corrected chi connectivity index (χ0v) is 8.13. The van der Waals surface area contributed by atoms with Gasteiger partial charge in [0.05, 0.1) is 12.7 Å². The van der Waals surface area contributed by atoms with Crippen molar-refractivity contribution in [2.75, 3.05) is 13.7 Å². The van der Waals surface area contributed by atoms with Crippen molar-refractivity contribution >= 4 is 0 Å². The third kappa shape index (κ3) is 5.17. The molecule has 0 radical (unpaired) electrons. The van der Waals surface area contributed by atoms with Crippen molar-refractivity contribution in [2.24, 2.45) is 5.92 Å². The molecule has 2 unspecified atom stereocenters. The molecule has 0 aliphatic rings. The van der Waals surface area contributed by atoms with Crippen molar-refractivity contribution in [3.05, 3.63) is 0 Å². The number of hydrogen-bond donors (Lipinski definition) is 1. The fourth-order valence-electron chi connectivity index (χ4n) is 1.00. The molecular weight excluding hydrogens is 152 g/mol. The average Bonchev–Trinajstić information content (AvgIpc) is 2.05. The van der Waals surface area contributed by atoms with Crippen LogP contribution in [0, 0.1) is 17.8 Å². The first kappa shape index (κ1) is 11.5. The van der Waals surface area contributed by atoms with Crippen LogP contribution in [0.4, 0.5) is 0 Å². The third-order valence-electron chi connectivity index (χ3n) is 1.83. The van der Waals surface area contributed by atoms with Crippen molar-refractivity contribution in [1.29, 1.82) is 0 Å². The molecule has 0 amide bonds. The molecule has 2 atom stereocenters. The number of rotatable bonds is 5. The van der Waals surface area contributed by atoms with Crippen LogP contribution in [0.15, 0.2) is 0 Å². The largest absolute Gasteiger partial charge is 0.393 e. The average molecular weight is 170 g/mol. The van der Waals surface area contributed by atoms with Crippen LogP contribution in [0.2, 0.25) is 0 Å². The molecule has 0 aliphatic carbocycles. The zero-order chi connectivity index (χ0) is 9.40. The first-order chi connectivity index (χ1) is 5.72. The van der Waals surface area contributed by atoms with Gasteiger partial charge in [0.1, 0.15) is 0 Å². The summed E-state index contributed by atoms with van der Waals surface area (Å²) in [6.45, 7) is 4.40. The Morgan fingerprint density at radius 2 is 2.17 bits per heavy atom. The Hall–Kier alpha value is -0.520. The van der Waals surface area contributed by atoms with Crippen LogP contribution in [-0.4, -0.2) is 24.9 Å². The predicted octanol–water partition coefficient (Wildman–Crippen LogP) is 1.43. The minimum absolute atomic E-state index is 0.202. The van der Waals surface area contributed by atoms with Gasteiger partial charge >= 0.3 is 0 Å². The predicted molar refractivity (Wildman–Crippen MR) is 49.7 cm³/mol. The van der Waals surface area contributed by atoms with Crippen LogP contribution < -0.4 is 0 Å². The summed E-state index contributed by atoms with van der Waals surface area (Å²) in [5.74, 6) is 5.93. The molecule has 2 nitrogen and oxygen atoms in total. The van der Waals surface area contributed by atoms with Crippen LogP contribution in [0.25, 0.3) is 0 Å². The highest BCUT2D eigenvalue weighted by Gasteiger charge is 2.12. The quantitative estimate of drug-likeness (QED) is 0.632. The summed E-state index contributed by atoms with van der Waals surface area (Å²) in [7, 11) is 1.65. The standard InChI is InChI=1S/C10H18O2/c1-4-5-6-7-10(11)9(2)8-12-3/h9-11H,6-8H2,1-3H3. The van der Waals surface area contributed by atoms with Gasteiger partial charge in [0.15, 0.2) is 0 Å². The molecule has 2 heteroatoms. The second-order valence-corrected chi connectivity index (χ2v) is 2.97. The Bertz CT molecular complexity index is 155. The van der Waals surface area contributed by atoms with E-state index in [1.807, 2.05) is 13.8 Å². The van der Waals surface area contributed by atoms with Crippen molar-refractivity contribution < 1.29 is 9.84 Å². The molecule has 0 rings (SSSR count). The maximum absolute atomic E-state index is 9.53. The van der Waals surface area contributed by atoms with Crippen LogP contribution in [0.5, 0.6) is 0 Å². The Morgan fingerprint density at radius 3 is 2.67 bits per heavy atom. The second kappa shape index (κ2) is 7.15. The maximum Gasteiger partial charge on any atom is 0.0596 e. The van der Waals surface area contributed by atoms with Crippen molar-refractivity contribution in [1.82, 2.24) is 0 Å². The van der Waals surface area contributed by atoms with Gasteiger partial charge in [0.25, 0.3) is 0 Å². The van der Waals surface area contributed by atoms with Gasteiger partial charge in [0.2, 0.25) is 0 Å². The fraction of sp³-hybridized carbons (Fsp3) is 0.800. The van der Waals surface area contributed by atoms with Crippen LogP contribution in [0.3, 0.4) is 0 Å². The summed E-state index contributed by atoms with van der Waals surface area (Å²) in [5.41, 5.74) is 0. The van der Waals surface area contributed by atoms with E-state index in [1.165, 1.54) is 0 Å². The lowest BCUT2D eigenvalue weighted by molar-refractivity contribution is 0.0529. The molecule has 0 heterocycles. The molecule has 12 heavy (non-hydrogen) atoms. The molecule has 0 saturated heterocycles. The summed E-state index contributed by atoms with van der Waals surface area (Å²) >= 11 is 0. The summed E-state index contributed by atoms with van der Waals surface area (Å²) in [6, 6.07) is 0. The molecular formula is C10H18O2. The number of aliphatic hydroxyl groups excluding tert-OH is 1. The van der Waals surface area contributed by atoms with E-state index < -0.39 is 0 Å². The topological polar surface area (TPSA) is 29.5 Å². The Morgan fingerprint density at radius 1 is 1.50 bits per heavy atom. The second-order valence-electron chi connectivity index (χ2n) is 2.97. The molecule has 0 spiro atoms. The monoisotopic (exact) mass is 170 g/mol. The lowest BCUT2D eigenvalue weighted by atomic mass is 10.0. The van der Waals surface area contributed by atoms with Gasteiger partial charge in [-0.1, -0.05) is 6.92 Å². The molecule has 70 valence electrons. The minimum Gasteiger partial charge on any atom is -0.393 e. The maximum atomic E-state index is 9.53. The molecule has 0 fully saturated rings. The fourth-order valence-corrected chi connectivity index (χ4v) is 1.00. The first-order valence-electron chi connectivity index (χ1n) is 4.29. The molecule has 0 saturated carbocycles. The van der Waals surface area contributed by atoms with E-state index in [0.29, 0.717) is 6.61 Å². The van der Waals surface area contributed by atoms with E-state index in [9.17, 15) is 5.11 Å². The van der Waals surface area contributed by atoms with Crippen molar-refractivity contribution in [2.45, 2.75) is 32.8 Å². The van der Waals surface area contributed by atoms with E-state index in [1.54, 1.807) is 7.11 Å².